The number of halogens is 3. The maximum absolute atomic E-state index is 12.7. The maximum atomic E-state index is 12.7. The molecule has 2 N–H and O–H groups in total. The van der Waals surface area contributed by atoms with Gasteiger partial charge in [0.15, 0.2) is 0 Å². The Hall–Kier alpha value is -1.56. The molecule has 1 atom stereocenters. The molecule has 1 unspecified atom stereocenters. The van der Waals surface area contributed by atoms with Gasteiger partial charge in [0.1, 0.15) is 0 Å². The van der Waals surface area contributed by atoms with Crippen LogP contribution in [0.25, 0.3) is 0 Å². The Morgan fingerprint density at radius 3 is 2.67 bits per heavy atom. The van der Waals surface area contributed by atoms with Gasteiger partial charge in [0.05, 0.1) is 11.0 Å². The number of hydrogen-bond acceptors (Lipinski definition) is 2. The molecule has 2 aliphatic rings. The van der Waals surface area contributed by atoms with Gasteiger partial charge in [-0.25, -0.2) is 0 Å². The lowest BCUT2D eigenvalue weighted by Crippen LogP contribution is -2.36. The number of anilines is 1. The van der Waals surface area contributed by atoms with Crippen LogP contribution in [0.1, 0.15) is 17.5 Å². The third kappa shape index (κ3) is 1.45. The van der Waals surface area contributed by atoms with Gasteiger partial charge in [0.2, 0.25) is 5.91 Å². The van der Waals surface area contributed by atoms with Gasteiger partial charge < -0.3 is 10.6 Å². The van der Waals surface area contributed by atoms with E-state index in [1.54, 1.807) is 0 Å². The summed E-state index contributed by atoms with van der Waals surface area (Å²) in [6.45, 7) is 1.04. The molecule has 1 aromatic rings. The standard InChI is InChI=1S/C12H11F3N2O/c13-12(14,15)7-1-2-9-8(5-7)11(10(18)17-9)3-4-16-6-11/h1-2,5,16H,3-4,6H2,(H,17,18). The van der Waals surface area contributed by atoms with Crippen LogP contribution in [-0.4, -0.2) is 19.0 Å². The van der Waals surface area contributed by atoms with Crippen molar-refractivity contribution < 1.29 is 18.0 Å². The predicted octanol–water partition coefficient (Wildman–Crippen LogP) is 1.89. The van der Waals surface area contributed by atoms with Gasteiger partial charge in [-0.05, 0) is 36.7 Å². The molecule has 18 heavy (non-hydrogen) atoms. The van der Waals surface area contributed by atoms with E-state index in [2.05, 4.69) is 10.6 Å². The molecule has 0 radical (unpaired) electrons. The third-order valence-corrected chi connectivity index (χ3v) is 3.70. The zero-order valence-electron chi connectivity index (χ0n) is 9.40. The first-order valence-electron chi connectivity index (χ1n) is 5.67. The van der Waals surface area contributed by atoms with Gasteiger partial charge in [-0.2, -0.15) is 13.2 Å². The normalized spacial score (nSPS) is 26.5. The number of benzene rings is 1. The fourth-order valence-electron chi connectivity index (χ4n) is 2.71. The van der Waals surface area contributed by atoms with E-state index in [9.17, 15) is 18.0 Å². The third-order valence-electron chi connectivity index (χ3n) is 3.70. The van der Waals surface area contributed by atoms with Crippen LogP contribution in [-0.2, 0) is 16.4 Å². The summed E-state index contributed by atoms with van der Waals surface area (Å²) in [7, 11) is 0. The average Bonchev–Trinajstić information content (AvgIpc) is 2.87. The van der Waals surface area contributed by atoms with Crippen molar-refractivity contribution in [1.82, 2.24) is 5.32 Å². The SMILES string of the molecule is O=C1Nc2ccc(C(F)(F)F)cc2C12CCNC2. The Labute approximate surface area is 101 Å². The van der Waals surface area contributed by atoms with Gasteiger partial charge in [-0.3, -0.25) is 4.79 Å². The molecular weight excluding hydrogens is 245 g/mol. The van der Waals surface area contributed by atoms with Gasteiger partial charge in [-0.1, -0.05) is 0 Å². The first-order chi connectivity index (χ1) is 8.43. The fourth-order valence-corrected chi connectivity index (χ4v) is 2.71. The highest BCUT2D eigenvalue weighted by atomic mass is 19.4. The van der Waals surface area contributed by atoms with E-state index < -0.39 is 17.2 Å². The van der Waals surface area contributed by atoms with Gasteiger partial charge in [-0.15, -0.1) is 0 Å². The molecule has 1 fully saturated rings. The van der Waals surface area contributed by atoms with Gasteiger partial charge in [0.25, 0.3) is 0 Å². The molecular formula is C12H11F3N2O. The van der Waals surface area contributed by atoms with E-state index in [-0.39, 0.29) is 5.91 Å². The van der Waals surface area contributed by atoms with E-state index in [1.165, 1.54) is 6.07 Å². The predicted molar refractivity (Wildman–Crippen MR) is 59.2 cm³/mol. The van der Waals surface area contributed by atoms with Gasteiger partial charge in [0, 0.05) is 12.2 Å². The maximum Gasteiger partial charge on any atom is 0.416 e. The quantitative estimate of drug-likeness (QED) is 0.744. The second kappa shape index (κ2) is 3.47. The number of nitrogens with one attached hydrogen (secondary N) is 2. The minimum absolute atomic E-state index is 0.207. The number of carbonyl (C=O) groups excluding carboxylic acids is 1. The van der Waals surface area contributed by atoms with Crippen molar-refractivity contribution in [2.75, 3.05) is 18.4 Å². The summed E-state index contributed by atoms with van der Waals surface area (Å²) in [5.74, 6) is -0.207. The molecule has 1 aromatic carbocycles. The zero-order chi connectivity index (χ0) is 13.0. The number of alkyl halides is 3. The minimum Gasteiger partial charge on any atom is -0.325 e. The van der Waals surface area contributed by atoms with Crippen LogP contribution in [0.3, 0.4) is 0 Å². The van der Waals surface area contributed by atoms with Crippen molar-refractivity contribution in [3.8, 4) is 0 Å². The summed E-state index contributed by atoms with van der Waals surface area (Å²) in [6.07, 6.45) is -3.85. The first-order valence-corrected chi connectivity index (χ1v) is 5.67. The highest BCUT2D eigenvalue weighted by molar-refractivity contribution is 6.06. The Bertz CT molecular complexity index is 519. The largest absolute Gasteiger partial charge is 0.416 e. The van der Waals surface area contributed by atoms with Gasteiger partial charge >= 0.3 is 6.18 Å². The molecule has 2 aliphatic heterocycles. The summed E-state index contributed by atoms with van der Waals surface area (Å²) in [4.78, 5) is 12.0. The number of rotatable bonds is 0. The Kier molecular flexibility index (Phi) is 2.22. The Morgan fingerprint density at radius 1 is 1.28 bits per heavy atom. The molecule has 3 nitrogen and oxygen atoms in total. The molecule has 6 heteroatoms. The van der Waals surface area contributed by atoms with Crippen LogP contribution in [0.15, 0.2) is 18.2 Å². The molecule has 2 heterocycles. The molecule has 3 rings (SSSR count). The Morgan fingerprint density at radius 2 is 2.06 bits per heavy atom. The lowest BCUT2D eigenvalue weighted by atomic mass is 9.80. The van der Waals surface area contributed by atoms with E-state index in [1.807, 2.05) is 0 Å². The van der Waals surface area contributed by atoms with E-state index >= 15 is 0 Å². The van der Waals surface area contributed by atoms with Crippen molar-refractivity contribution in [2.24, 2.45) is 0 Å². The highest BCUT2D eigenvalue weighted by Gasteiger charge is 2.49. The molecule has 0 saturated carbocycles. The second-order valence-corrected chi connectivity index (χ2v) is 4.72. The van der Waals surface area contributed by atoms with Crippen LogP contribution in [0.4, 0.5) is 18.9 Å². The van der Waals surface area contributed by atoms with Crippen molar-refractivity contribution in [3.63, 3.8) is 0 Å². The topological polar surface area (TPSA) is 41.1 Å². The van der Waals surface area contributed by atoms with E-state index in [4.69, 9.17) is 0 Å². The summed E-state index contributed by atoms with van der Waals surface area (Å²) >= 11 is 0. The fraction of sp³-hybridized carbons (Fsp3) is 0.417. The average molecular weight is 256 g/mol. The molecule has 0 aromatic heterocycles. The Balaban J connectivity index is 2.14. The molecule has 1 spiro atoms. The lowest BCUT2D eigenvalue weighted by molar-refractivity contribution is -0.137. The first kappa shape index (κ1) is 11.5. The summed E-state index contributed by atoms with van der Waals surface area (Å²) in [6, 6.07) is 3.43. The number of hydrogen-bond donors (Lipinski definition) is 2. The number of carbonyl (C=O) groups is 1. The second-order valence-electron chi connectivity index (χ2n) is 4.72. The van der Waals surface area contributed by atoms with Crippen molar-refractivity contribution in [1.29, 1.82) is 0 Å². The van der Waals surface area contributed by atoms with Crippen LogP contribution >= 0.6 is 0 Å². The van der Waals surface area contributed by atoms with E-state index in [0.717, 1.165) is 12.1 Å². The molecule has 0 bridgehead atoms. The molecule has 1 saturated heterocycles. The summed E-state index contributed by atoms with van der Waals surface area (Å²) in [5, 5.41) is 5.70. The van der Waals surface area contributed by atoms with Crippen LogP contribution in [0.5, 0.6) is 0 Å². The lowest BCUT2D eigenvalue weighted by Gasteiger charge is -2.20. The number of amides is 1. The summed E-state index contributed by atoms with van der Waals surface area (Å²) in [5.41, 5.74) is -0.565. The minimum atomic E-state index is -4.38. The van der Waals surface area contributed by atoms with Crippen molar-refractivity contribution >= 4 is 11.6 Å². The molecule has 0 aliphatic carbocycles. The van der Waals surface area contributed by atoms with Crippen molar-refractivity contribution in [2.45, 2.75) is 18.0 Å². The monoisotopic (exact) mass is 256 g/mol. The van der Waals surface area contributed by atoms with Crippen LogP contribution in [0.2, 0.25) is 0 Å². The summed E-state index contributed by atoms with van der Waals surface area (Å²) < 4.78 is 38.1. The highest BCUT2D eigenvalue weighted by Crippen LogP contribution is 2.44. The van der Waals surface area contributed by atoms with E-state index in [0.29, 0.717) is 30.8 Å². The van der Waals surface area contributed by atoms with Crippen LogP contribution in [0, 0.1) is 0 Å². The molecule has 96 valence electrons. The smallest absolute Gasteiger partial charge is 0.325 e. The molecule has 1 amide bonds. The number of fused-ring (bicyclic) bond motifs is 2. The van der Waals surface area contributed by atoms with Crippen LogP contribution < -0.4 is 10.6 Å². The zero-order valence-corrected chi connectivity index (χ0v) is 9.40. The van der Waals surface area contributed by atoms with Crippen molar-refractivity contribution in [3.05, 3.63) is 29.3 Å².